The van der Waals surface area contributed by atoms with E-state index in [0.717, 1.165) is 35.4 Å². The van der Waals surface area contributed by atoms with Crippen molar-refractivity contribution >= 4 is 45.9 Å². The third-order valence-corrected chi connectivity index (χ3v) is 5.91. The summed E-state index contributed by atoms with van der Waals surface area (Å²) in [6.45, 7) is 2.13. The minimum absolute atomic E-state index is 0.267. The molecule has 5 rings (SSSR count). The maximum atomic E-state index is 12.9. The predicted octanol–water partition coefficient (Wildman–Crippen LogP) is 5.82. The number of anilines is 1. The first-order chi connectivity index (χ1) is 14.5. The SMILES string of the molecule is Cc1nn(Cc2ccccc2Cl)c(Cl)c1C(=O)Nc1ccc2oc(C3CC3)nc2c1. The lowest BCUT2D eigenvalue weighted by Gasteiger charge is -2.07. The van der Waals surface area contributed by atoms with Crippen molar-refractivity contribution in [2.75, 3.05) is 5.32 Å². The van der Waals surface area contributed by atoms with Crippen LogP contribution in [-0.2, 0) is 6.54 Å². The summed E-state index contributed by atoms with van der Waals surface area (Å²) >= 11 is 12.7. The maximum Gasteiger partial charge on any atom is 0.260 e. The first kappa shape index (κ1) is 19.2. The Morgan fingerprint density at radius 3 is 2.80 bits per heavy atom. The molecule has 0 bridgehead atoms. The zero-order valence-electron chi connectivity index (χ0n) is 16.2. The van der Waals surface area contributed by atoms with E-state index in [2.05, 4.69) is 15.4 Å². The van der Waals surface area contributed by atoms with E-state index >= 15 is 0 Å². The molecule has 1 aliphatic carbocycles. The molecule has 0 unspecified atom stereocenters. The summed E-state index contributed by atoms with van der Waals surface area (Å²) in [6, 6.07) is 12.9. The highest BCUT2D eigenvalue weighted by atomic mass is 35.5. The van der Waals surface area contributed by atoms with Crippen LogP contribution in [-0.4, -0.2) is 20.7 Å². The fourth-order valence-electron chi connectivity index (χ4n) is 3.43. The Labute approximate surface area is 182 Å². The summed E-state index contributed by atoms with van der Waals surface area (Å²) in [5.74, 6) is 0.877. The zero-order valence-corrected chi connectivity index (χ0v) is 17.7. The molecular formula is C22H18Cl2N4O2. The number of amides is 1. The van der Waals surface area contributed by atoms with Crippen molar-refractivity contribution in [2.45, 2.75) is 32.2 Å². The van der Waals surface area contributed by atoms with Gasteiger partial charge < -0.3 is 9.73 Å². The van der Waals surface area contributed by atoms with Crippen LogP contribution in [0.1, 0.15) is 46.3 Å². The Morgan fingerprint density at radius 1 is 1.23 bits per heavy atom. The number of carbonyl (C=O) groups is 1. The van der Waals surface area contributed by atoms with E-state index in [1.807, 2.05) is 30.3 Å². The molecule has 152 valence electrons. The number of carbonyl (C=O) groups excluding carboxylic acids is 1. The molecular weight excluding hydrogens is 423 g/mol. The summed E-state index contributed by atoms with van der Waals surface area (Å²) in [7, 11) is 0. The quantitative estimate of drug-likeness (QED) is 0.424. The van der Waals surface area contributed by atoms with Gasteiger partial charge in [-0.3, -0.25) is 4.79 Å². The van der Waals surface area contributed by atoms with Gasteiger partial charge in [0.25, 0.3) is 5.91 Å². The molecule has 2 aromatic carbocycles. The second-order valence-corrected chi connectivity index (χ2v) is 8.23. The van der Waals surface area contributed by atoms with Gasteiger partial charge in [-0.2, -0.15) is 5.10 Å². The fourth-order valence-corrected chi connectivity index (χ4v) is 3.94. The zero-order chi connectivity index (χ0) is 20.8. The van der Waals surface area contributed by atoms with E-state index in [0.29, 0.717) is 34.4 Å². The number of oxazole rings is 1. The fraction of sp³-hybridized carbons (Fsp3) is 0.227. The van der Waals surface area contributed by atoms with Gasteiger partial charge in [0, 0.05) is 16.6 Å². The van der Waals surface area contributed by atoms with E-state index in [9.17, 15) is 4.79 Å². The highest BCUT2D eigenvalue weighted by molar-refractivity contribution is 6.34. The van der Waals surface area contributed by atoms with Crippen LogP contribution in [0.5, 0.6) is 0 Å². The van der Waals surface area contributed by atoms with E-state index in [1.165, 1.54) is 0 Å². The summed E-state index contributed by atoms with van der Waals surface area (Å²) in [4.78, 5) is 17.5. The standard InChI is InChI=1S/C22H18Cl2N4O2/c1-12-19(20(24)28(27-12)11-14-4-2-3-5-16(14)23)21(29)25-15-8-9-18-17(10-15)26-22(30-18)13-6-7-13/h2-5,8-10,13H,6-7,11H2,1H3,(H,25,29). The molecule has 1 saturated carbocycles. The number of fused-ring (bicyclic) bond motifs is 1. The van der Waals surface area contributed by atoms with Gasteiger partial charge in [-0.15, -0.1) is 0 Å². The minimum Gasteiger partial charge on any atom is -0.440 e. The largest absolute Gasteiger partial charge is 0.440 e. The van der Waals surface area contributed by atoms with Gasteiger partial charge >= 0.3 is 0 Å². The normalized spacial score (nSPS) is 13.7. The number of aryl methyl sites for hydroxylation is 1. The van der Waals surface area contributed by atoms with Crippen LogP contribution in [0, 0.1) is 6.92 Å². The molecule has 8 heteroatoms. The lowest BCUT2D eigenvalue weighted by molar-refractivity contribution is 0.102. The highest BCUT2D eigenvalue weighted by Gasteiger charge is 2.29. The first-order valence-electron chi connectivity index (χ1n) is 9.68. The van der Waals surface area contributed by atoms with Gasteiger partial charge in [0.05, 0.1) is 17.8 Å². The number of aromatic nitrogens is 3. The van der Waals surface area contributed by atoms with Gasteiger partial charge in [0.15, 0.2) is 11.5 Å². The second kappa shape index (κ2) is 7.45. The highest BCUT2D eigenvalue weighted by Crippen LogP contribution is 2.40. The molecule has 1 fully saturated rings. The smallest absolute Gasteiger partial charge is 0.260 e. The molecule has 0 aliphatic heterocycles. The van der Waals surface area contributed by atoms with Crippen molar-refractivity contribution in [2.24, 2.45) is 0 Å². The Balaban J connectivity index is 1.39. The molecule has 6 nitrogen and oxygen atoms in total. The second-order valence-electron chi connectivity index (χ2n) is 7.46. The monoisotopic (exact) mass is 440 g/mol. The van der Waals surface area contributed by atoms with Gasteiger partial charge in [-0.1, -0.05) is 41.4 Å². The van der Waals surface area contributed by atoms with Gasteiger partial charge in [0.2, 0.25) is 0 Å². The van der Waals surface area contributed by atoms with E-state index in [4.69, 9.17) is 27.6 Å². The third-order valence-electron chi connectivity index (χ3n) is 5.16. The Hall–Kier alpha value is -2.83. The van der Waals surface area contributed by atoms with E-state index < -0.39 is 0 Å². The summed E-state index contributed by atoms with van der Waals surface area (Å²) in [5.41, 5.74) is 3.82. The molecule has 0 spiro atoms. The topological polar surface area (TPSA) is 73.0 Å². The molecule has 0 radical (unpaired) electrons. The van der Waals surface area contributed by atoms with Crippen LogP contribution in [0.15, 0.2) is 46.9 Å². The number of rotatable bonds is 5. The van der Waals surface area contributed by atoms with Crippen molar-refractivity contribution < 1.29 is 9.21 Å². The Bertz CT molecular complexity index is 1270. The van der Waals surface area contributed by atoms with Crippen molar-refractivity contribution in [3.63, 3.8) is 0 Å². The number of hydrogen-bond acceptors (Lipinski definition) is 4. The maximum absolute atomic E-state index is 12.9. The van der Waals surface area contributed by atoms with Crippen molar-refractivity contribution in [1.82, 2.24) is 14.8 Å². The van der Waals surface area contributed by atoms with Crippen LogP contribution >= 0.6 is 23.2 Å². The van der Waals surface area contributed by atoms with Gasteiger partial charge in [-0.25, -0.2) is 9.67 Å². The van der Waals surface area contributed by atoms with Gasteiger partial charge in [-0.05, 0) is 49.6 Å². The molecule has 30 heavy (non-hydrogen) atoms. The first-order valence-corrected chi connectivity index (χ1v) is 10.4. The molecule has 2 aromatic heterocycles. The number of halogens is 2. The molecule has 1 amide bonds. The number of nitrogens with one attached hydrogen (secondary N) is 1. The van der Waals surface area contributed by atoms with Crippen molar-refractivity contribution in [3.8, 4) is 0 Å². The van der Waals surface area contributed by atoms with Crippen LogP contribution in [0.25, 0.3) is 11.1 Å². The average Bonchev–Trinajstić information content (AvgIpc) is 3.42. The number of nitrogens with zero attached hydrogens (tertiary/aromatic N) is 3. The average molecular weight is 441 g/mol. The number of hydrogen-bond donors (Lipinski definition) is 1. The van der Waals surface area contributed by atoms with Crippen molar-refractivity contribution in [1.29, 1.82) is 0 Å². The van der Waals surface area contributed by atoms with Crippen LogP contribution in [0.3, 0.4) is 0 Å². The molecule has 2 heterocycles. The van der Waals surface area contributed by atoms with Gasteiger partial charge in [0.1, 0.15) is 10.7 Å². The molecule has 0 saturated heterocycles. The number of benzene rings is 2. The van der Waals surface area contributed by atoms with Crippen molar-refractivity contribution in [3.05, 3.63) is 75.4 Å². The third kappa shape index (κ3) is 3.57. The van der Waals surface area contributed by atoms with E-state index in [-0.39, 0.29) is 11.1 Å². The molecule has 1 N–H and O–H groups in total. The van der Waals surface area contributed by atoms with Crippen LogP contribution in [0.4, 0.5) is 5.69 Å². The van der Waals surface area contributed by atoms with Crippen LogP contribution < -0.4 is 5.32 Å². The lowest BCUT2D eigenvalue weighted by Crippen LogP contribution is -2.13. The van der Waals surface area contributed by atoms with Crippen LogP contribution in [0.2, 0.25) is 10.2 Å². The summed E-state index contributed by atoms with van der Waals surface area (Å²) in [6.07, 6.45) is 2.23. The summed E-state index contributed by atoms with van der Waals surface area (Å²) < 4.78 is 7.35. The lowest BCUT2D eigenvalue weighted by atomic mass is 10.2. The minimum atomic E-state index is -0.326. The molecule has 1 aliphatic rings. The Kier molecular flexibility index (Phi) is 4.76. The summed E-state index contributed by atoms with van der Waals surface area (Å²) in [5, 5.41) is 8.21. The predicted molar refractivity (Wildman–Crippen MR) is 116 cm³/mol. The molecule has 0 atom stereocenters. The Morgan fingerprint density at radius 2 is 2.03 bits per heavy atom. The molecule has 4 aromatic rings. The van der Waals surface area contributed by atoms with E-state index in [1.54, 1.807) is 23.7 Å².